The molecular weight excluding hydrogens is 291 g/mol. The van der Waals surface area contributed by atoms with Crippen LogP contribution in [0, 0.1) is 0 Å². The molecule has 0 bridgehead atoms. The van der Waals surface area contributed by atoms with E-state index in [9.17, 15) is 9.18 Å². The Labute approximate surface area is 140 Å². The summed E-state index contributed by atoms with van der Waals surface area (Å²) in [5.41, 5.74) is 0. The maximum atomic E-state index is 13.3. The molecule has 0 unspecified atom stereocenters. The van der Waals surface area contributed by atoms with Crippen molar-refractivity contribution in [3.63, 3.8) is 0 Å². The molecular formula is C20H31FO2. The van der Waals surface area contributed by atoms with Gasteiger partial charge in [0.1, 0.15) is 0 Å². The normalized spacial score (nSPS) is 12.9. The number of carboxylic acids is 1. The predicted molar refractivity (Wildman–Crippen MR) is 96.1 cm³/mol. The second kappa shape index (κ2) is 16.7. The molecule has 0 aromatic heterocycles. The van der Waals surface area contributed by atoms with Gasteiger partial charge >= 0.3 is 5.97 Å². The summed E-state index contributed by atoms with van der Waals surface area (Å²) in [5, 5.41) is 8.46. The van der Waals surface area contributed by atoms with Crippen LogP contribution in [0.15, 0.2) is 48.4 Å². The highest BCUT2D eigenvalue weighted by Crippen LogP contribution is 2.10. The Morgan fingerprint density at radius 2 is 1.48 bits per heavy atom. The van der Waals surface area contributed by atoms with E-state index < -0.39 is 5.97 Å². The summed E-state index contributed by atoms with van der Waals surface area (Å²) in [5.74, 6) is -1.10. The zero-order valence-electron chi connectivity index (χ0n) is 14.3. The van der Waals surface area contributed by atoms with E-state index in [1.807, 2.05) is 12.2 Å². The fraction of sp³-hybridized carbons (Fsp3) is 0.550. The van der Waals surface area contributed by atoms with Gasteiger partial charge in [0.2, 0.25) is 0 Å². The van der Waals surface area contributed by atoms with Crippen LogP contribution in [-0.4, -0.2) is 11.1 Å². The molecule has 0 aromatic rings. The monoisotopic (exact) mass is 322 g/mol. The first kappa shape index (κ1) is 21.4. The second-order valence-corrected chi connectivity index (χ2v) is 5.52. The van der Waals surface area contributed by atoms with Crippen molar-refractivity contribution < 1.29 is 14.3 Å². The Hall–Kier alpha value is -1.64. The molecule has 0 aliphatic rings. The van der Waals surface area contributed by atoms with Crippen LogP contribution in [0.1, 0.15) is 71.1 Å². The standard InChI is InChI=1S/C20H31FO2/c1-2-3-4-5-6-7-8-9-10-11-12-13-14-16-19(21)17-15-18-20(22)23/h6-7,9-10,12-13,16H,2-5,8,11,14-15,17-18H2,1H3,(H,22,23)/b7-6-,10-9-,13-12-,19-16+. The van der Waals surface area contributed by atoms with Gasteiger partial charge in [0.15, 0.2) is 0 Å². The number of carbonyl (C=O) groups is 1. The minimum absolute atomic E-state index is 0.0228. The summed E-state index contributed by atoms with van der Waals surface area (Å²) < 4.78 is 13.3. The van der Waals surface area contributed by atoms with Gasteiger partial charge in [0.25, 0.3) is 0 Å². The Balaban J connectivity index is 3.58. The fourth-order valence-electron chi connectivity index (χ4n) is 1.97. The third kappa shape index (κ3) is 18.3. The lowest BCUT2D eigenvalue weighted by atomic mass is 10.2. The summed E-state index contributed by atoms with van der Waals surface area (Å²) in [4.78, 5) is 10.3. The molecule has 0 radical (unpaired) electrons. The smallest absolute Gasteiger partial charge is 0.303 e. The molecule has 130 valence electrons. The number of halogens is 1. The molecule has 0 aromatic carbocycles. The second-order valence-electron chi connectivity index (χ2n) is 5.52. The van der Waals surface area contributed by atoms with Gasteiger partial charge in [-0.05, 0) is 51.0 Å². The van der Waals surface area contributed by atoms with E-state index in [2.05, 4.69) is 31.2 Å². The molecule has 0 saturated heterocycles. The lowest BCUT2D eigenvalue weighted by Gasteiger charge is -1.94. The third-order valence-electron chi connectivity index (χ3n) is 3.30. The van der Waals surface area contributed by atoms with Crippen LogP contribution in [0.25, 0.3) is 0 Å². The number of rotatable bonds is 14. The van der Waals surface area contributed by atoms with E-state index in [1.165, 1.54) is 31.8 Å². The molecule has 0 atom stereocenters. The van der Waals surface area contributed by atoms with E-state index in [1.54, 1.807) is 0 Å². The van der Waals surface area contributed by atoms with Crippen molar-refractivity contribution in [2.75, 3.05) is 0 Å². The van der Waals surface area contributed by atoms with Gasteiger partial charge in [-0.2, -0.15) is 0 Å². The first-order valence-corrected chi connectivity index (χ1v) is 8.68. The number of allylic oxidation sites excluding steroid dienone is 8. The molecule has 3 heteroatoms. The first-order chi connectivity index (χ1) is 11.2. The summed E-state index contributed by atoms with van der Waals surface area (Å²) >= 11 is 0. The Morgan fingerprint density at radius 3 is 2.09 bits per heavy atom. The minimum atomic E-state index is -0.875. The average molecular weight is 322 g/mol. The SMILES string of the molecule is CCCCC/C=C\C/C=C\C/C=C\C/C=C(/F)CCCC(=O)O. The lowest BCUT2D eigenvalue weighted by Crippen LogP contribution is -1.93. The number of unbranched alkanes of at least 4 members (excludes halogenated alkanes) is 3. The molecule has 0 heterocycles. The molecule has 0 rings (SSSR count). The van der Waals surface area contributed by atoms with Crippen LogP contribution >= 0.6 is 0 Å². The van der Waals surface area contributed by atoms with Crippen LogP contribution in [-0.2, 0) is 4.79 Å². The molecule has 0 aliphatic carbocycles. The molecule has 23 heavy (non-hydrogen) atoms. The van der Waals surface area contributed by atoms with E-state index in [4.69, 9.17) is 5.11 Å². The third-order valence-corrected chi connectivity index (χ3v) is 3.30. The molecule has 2 nitrogen and oxygen atoms in total. The van der Waals surface area contributed by atoms with Crippen molar-refractivity contribution in [1.29, 1.82) is 0 Å². The summed E-state index contributed by atoms with van der Waals surface area (Å²) in [6.45, 7) is 2.21. The largest absolute Gasteiger partial charge is 0.481 e. The maximum Gasteiger partial charge on any atom is 0.303 e. The zero-order valence-corrected chi connectivity index (χ0v) is 14.3. The zero-order chi connectivity index (χ0) is 17.2. The minimum Gasteiger partial charge on any atom is -0.481 e. The van der Waals surface area contributed by atoms with Crippen LogP contribution in [0.4, 0.5) is 4.39 Å². The molecule has 1 N–H and O–H groups in total. The van der Waals surface area contributed by atoms with Gasteiger partial charge in [-0.25, -0.2) is 4.39 Å². The van der Waals surface area contributed by atoms with Gasteiger partial charge in [-0.3, -0.25) is 4.79 Å². The molecule has 0 amide bonds. The molecule has 0 saturated carbocycles. The van der Waals surface area contributed by atoms with Gasteiger partial charge in [0.05, 0.1) is 5.83 Å². The Morgan fingerprint density at radius 1 is 0.870 bits per heavy atom. The topological polar surface area (TPSA) is 37.3 Å². The first-order valence-electron chi connectivity index (χ1n) is 8.68. The van der Waals surface area contributed by atoms with Gasteiger partial charge < -0.3 is 5.11 Å². The number of hydrogen-bond donors (Lipinski definition) is 1. The number of hydrogen-bond acceptors (Lipinski definition) is 1. The van der Waals surface area contributed by atoms with Crippen molar-refractivity contribution in [2.45, 2.75) is 71.1 Å². The summed E-state index contributed by atoms with van der Waals surface area (Å²) in [6, 6.07) is 0. The Kier molecular flexibility index (Phi) is 15.5. The highest BCUT2D eigenvalue weighted by Gasteiger charge is 1.98. The van der Waals surface area contributed by atoms with Crippen molar-refractivity contribution in [3.05, 3.63) is 48.4 Å². The molecule has 0 aliphatic heterocycles. The highest BCUT2D eigenvalue weighted by molar-refractivity contribution is 5.66. The molecule has 0 fully saturated rings. The van der Waals surface area contributed by atoms with Crippen LogP contribution in [0.3, 0.4) is 0 Å². The fourth-order valence-corrected chi connectivity index (χ4v) is 1.97. The van der Waals surface area contributed by atoms with E-state index in [0.29, 0.717) is 12.8 Å². The van der Waals surface area contributed by atoms with Crippen molar-refractivity contribution >= 4 is 5.97 Å². The quantitative estimate of drug-likeness (QED) is 0.292. The van der Waals surface area contributed by atoms with Crippen molar-refractivity contribution in [3.8, 4) is 0 Å². The van der Waals surface area contributed by atoms with E-state index in [-0.39, 0.29) is 18.7 Å². The van der Waals surface area contributed by atoms with Gasteiger partial charge in [-0.15, -0.1) is 0 Å². The highest BCUT2D eigenvalue weighted by atomic mass is 19.1. The molecule has 0 spiro atoms. The number of aliphatic carboxylic acids is 1. The van der Waals surface area contributed by atoms with Crippen LogP contribution < -0.4 is 0 Å². The lowest BCUT2D eigenvalue weighted by molar-refractivity contribution is -0.137. The van der Waals surface area contributed by atoms with Gasteiger partial charge in [0, 0.05) is 6.42 Å². The maximum absolute atomic E-state index is 13.3. The number of carboxylic acid groups (broad SMARTS) is 1. The van der Waals surface area contributed by atoms with Crippen LogP contribution in [0.2, 0.25) is 0 Å². The Bertz CT molecular complexity index is 406. The van der Waals surface area contributed by atoms with E-state index in [0.717, 1.165) is 12.8 Å². The van der Waals surface area contributed by atoms with Crippen LogP contribution in [0.5, 0.6) is 0 Å². The summed E-state index contributed by atoms with van der Waals surface area (Å²) in [7, 11) is 0. The summed E-state index contributed by atoms with van der Waals surface area (Å²) in [6.07, 6.45) is 22.2. The van der Waals surface area contributed by atoms with Gasteiger partial charge in [-0.1, -0.05) is 56.2 Å². The van der Waals surface area contributed by atoms with Crippen molar-refractivity contribution in [2.24, 2.45) is 0 Å². The predicted octanol–water partition coefficient (Wildman–Crippen LogP) is 6.51. The average Bonchev–Trinajstić information content (AvgIpc) is 2.51. The van der Waals surface area contributed by atoms with E-state index >= 15 is 0 Å². The van der Waals surface area contributed by atoms with Crippen molar-refractivity contribution in [1.82, 2.24) is 0 Å².